The van der Waals surface area contributed by atoms with Crippen molar-refractivity contribution in [1.29, 1.82) is 0 Å². The lowest BCUT2D eigenvalue weighted by Gasteiger charge is -2.51. The molecule has 2 heterocycles. The molecule has 2 aliphatic heterocycles. The van der Waals surface area contributed by atoms with Crippen molar-refractivity contribution in [1.82, 2.24) is 0 Å². The maximum atomic E-state index is 11.8. The molecule has 0 bridgehead atoms. The SMILES string of the molecule is C=C[C@]1(C)CC[C@]2(O[C@H](CC(C)=O)[C@H]3C(C)(C)CCC[C@@]32C)O1. The summed E-state index contributed by atoms with van der Waals surface area (Å²) in [6.45, 7) is 14.7. The van der Waals surface area contributed by atoms with Crippen LogP contribution in [0.15, 0.2) is 12.7 Å². The fourth-order valence-electron chi connectivity index (χ4n) is 5.84. The van der Waals surface area contributed by atoms with Gasteiger partial charge in [-0.2, -0.15) is 0 Å². The topological polar surface area (TPSA) is 35.5 Å². The average Bonchev–Trinajstić information content (AvgIpc) is 2.87. The minimum absolute atomic E-state index is 0.0278. The van der Waals surface area contributed by atoms with E-state index in [0.717, 1.165) is 19.3 Å². The number of Topliss-reactive ketones (excluding diaryl/α,β-unsaturated/α-hetero) is 1. The number of hydrogen-bond donors (Lipinski definition) is 0. The summed E-state index contributed by atoms with van der Waals surface area (Å²) in [6, 6.07) is 0. The molecule has 3 fully saturated rings. The molecular formula is C20H32O3. The Labute approximate surface area is 140 Å². The van der Waals surface area contributed by atoms with E-state index in [1.165, 1.54) is 12.8 Å². The summed E-state index contributed by atoms with van der Waals surface area (Å²) in [6.07, 6.45) is 7.73. The maximum absolute atomic E-state index is 11.8. The molecule has 1 saturated carbocycles. The predicted octanol–water partition coefficient (Wildman–Crippen LogP) is 4.65. The Morgan fingerprint density at radius 3 is 2.43 bits per heavy atom. The zero-order valence-corrected chi connectivity index (χ0v) is 15.4. The number of fused-ring (bicyclic) bond motifs is 2. The van der Waals surface area contributed by atoms with Gasteiger partial charge in [-0.1, -0.05) is 33.3 Å². The first-order valence-electron chi connectivity index (χ1n) is 9.09. The Hall–Kier alpha value is -0.670. The summed E-state index contributed by atoms with van der Waals surface area (Å²) in [5.74, 6) is 0.0124. The first-order valence-corrected chi connectivity index (χ1v) is 9.09. The second-order valence-corrected chi connectivity index (χ2v) is 9.17. The van der Waals surface area contributed by atoms with Crippen molar-refractivity contribution in [2.24, 2.45) is 16.7 Å². The van der Waals surface area contributed by atoms with E-state index in [-0.39, 0.29) is 28.3 Å². The molecule has 0 radical (unpaired) electrons. The smallest absolute Gasteiger partial charge is 0.175 e. The molecule has 5 atom stereocenters. The second-order valence-electron chi connectivity index (χ2n) is 9.17. The molecule has 1 spiro atoms. The van der Waals surface area contributed by atoms with Gasteiger partial charge in [0.05, 0.1) is 11.7 Å². The Kier molecular flexibility index (Phi) is 3.85. The van der Waals surface area contributed by atoms with Gasteiger partial charge in [-0.25, -0.2) is 0 Å². The maximum Gasteiger partial charge on any atom is 0.175 e. The summed E-state index contributed by atoms with van der Waals surface area (Å²) in [5, 5.41) is 0. The van der Waals surface area contributed by atoms with Crippen LogP contribution in [0.2, 0.25) is 0 Å². The van der Waals surface area contributed by atoms with Crippen molar-refractivity contribution in [3.8, 4) is 0 Å². The van der Waals surface area contributed by atoms with Gasteiger partial charge in [-0.3, -0.25) is 4.79 Å². The Morgan fingerprint density at radius 1 is 1.17 bits per heavy atom. The molecule has 3 heteroatoms. The zero-order chi connectivity index (χ0) is 17.1. The van der Waals surface area contributed by atoms with Crippen LogP contribution in [-0.4, -0.2) is 23.3 Å². The van der Waals surface area contributed by atoms with E-state index in [1.807, 2.05) is 6.08 Å². The van der Waals surface area contributed by atoms with Gasteiger partial charge in [0.15, 0.2) is 5.79 Å². The van der Waals surface area contributed by atoms with Crippen LogP contribution in [0.4, 0.5) is 0 Å². The van der Waals surface area contributed by atoms with E-state index in [9.17, 15) is 4.79 Å². The van der Waals surface area contributed by atoms with Crippen LogP contribution in [0, 0.1) is 16.7 Å². The van der Waals surface area contributed by atoms with Gasteiger partial charge < -0.3 is 9.47 Å². The molecule has 3 aliphatic rings. The van der Waals surface area contributed by atoms with Gasteiger partial charge >= 0.3 is 0 Å². The highest BCUT2D eigenvalue weighted by molar-refractivity contribution is 5.76. The number of rotatable bonds is 3. The molecule has 0 aromatic rings. The normalized spacial score (nSPS) is 48.4. The first kappa shape index (κ1) is 17.2. The standard InChI is InChI=1S/C20H32O3/c1-7-18(5)11-12-20(23-18)19(6)10-8-9-17(3,4)16(19)15(22-20)13-14(2)21/h7,15-16H,1,8-13H2,2-6H3/t15-,16+,18-,19+,20+/m1/s1. The van der Waals surface area contributed by atoms with Crippen molar-refractivity contribution in [3.05, 3.63) is 12.7 Å². The lowest BCUT2D eigenvalue weighted by Crippen LogP contribution is -2.52. The summed E-state index contributed by atoms with van der Waals surface area (Å²) in [4.78, 5) is 11.8. The van der Waals surface area contributed by atoms with Crippen LogP contribution >= 0.6 is 0 Å². The number of ether oxygens (including phenoxy) is 2. The second kappa shape index (κ2) is 5.16. The molecule has 3 rings (SSSR count). The van der Waals surface area contributed by atoms with E-state index >= 15 is 0 Å². The molecule has 0 aromatic carbocycles. The monoisotopic (exact) mass is 320 g/mol. The third-order valence-corrected chi connectivity index (χ3v) is 6.90. The fourth-order valence-corrected chi connectivity index (χ4v) is 5.84. The van der Waals surface area contributed by atoms with Crippen LogP contribution in [0.3, 0.4) is 0 Å². The summed E-state index contributed by atoms with van der Waals surface area (Å²) >= 11 is 0. The highest BCUT2D eigenvalue weighted by Gasteiger charge is 2.70. The van der Waals surface area contributed by atoms with Crippen molar-refractivity contribution in [2.45, 2.75) is 90.6 Å². The summed E-state index contributed by atoms with van der Waals surface area (Å²) in [5.41, 5.74) is -0.178. The van der Waals surface area contributed by atoms with Crippen molar-refractivity contribution in [2.75, 3.05) is 0 Å². The van der Waals surface area contributed by atoms with E-state index in [0.29, 0.717) is 12.3 Å². The Morgan fingerprint density at radius 2 is 1.87 bits per heavy atom. The van der Waals surface area contributed by atoms with E-state index < -0.39 is 5.79 Å². The highest BCUT2D eigenvalue weighted by atomic mass is 16.7. The third kappa shape index (κ3) is 2.42. The van der Waals surface area contributed by atoms with Gasteiger partial charge in [-0.15, -0.1) is 6.58 Å². The van der Waals surface area contributed by atoms with Crippen LogP contribution in [0.25, 0.3) is 0 Å². The molecular weight excluding hydrogens is 288 g/mol. The zero-order valence-electron chi connectivity index (χ0n) is 15.4. The Balaban J connectivity index is 2.03. The molecule has 0 unspecified atom stereocenters. The quantitative estimate of drug-likeness (QED) is 0.710. The van der Waals surface area contributed by atoms with Gasteiger partial charge in [0.25, 0.3) is 0 Å². The van der Waals surface area contributed by atoms with E-state index in [2.05, 4.69) is 34.3 Å². The lowest BCUT2D eigenvalue weighted by molar-refractivity contribution is -0.272. The molecule has 23 heavy (non-hydrogen) atoms. The van der Waals surface area contributed by atoms with Crippen LogP contribution in [0.5, 0.6) is 0 Å². The minimum atomic E-state index is -0.557. The fraction of sp³-hybridized carbons (Fsp3) is 0.850. The number of hydrogen-bond acceptors (Lipinski definition) is 3. The molecule has 1 aliphatic carbocycles. The summed E-state index contributed by atoms with van der Waals surface area (Å²) in [7, 11) is 0. The molecule has 3 nitrogen and oxygen atoms in total. The van der Waals surface area contributed by atoms with Crippen LogP contribution < -0.4 is 0 Å². The lowest BCUT2D eigenvalue weighted by atomic mass is 9.53. The third-order valence-electron chi connectivity index (χ3n) is 6.90. The van der Waals surface area contributed by atoms with Gasteiger partial charge in [0, 0.05) is 24.2 Å². The van der Waals surface area contributed by atoms with Crippen LogP contribution in [0.1, 0.15) is 73.1 Å². The molecule has 0 amide bonds. The van der Waals surface area contributed by atoms with Gasteiger partial charge in [-0.05, 0) is 38.5 Å². The summed E-state index contributed by atoms with van der Waals surface area (Å²) < 4.78 is 13.2. The molecule has 2 saturated heterocycles. The highest BCUT2D eigenvalue weighted by Crippen LogP contribution is 2.67. The van der Waals surface area contributed by atoms with E-state index in [4.69, 9.17) is 9.47 Å². The minimum Gasteiger partial charge on any atom is -0.345 e. The largest absolute Gasteiger partial charge is 0.345 e. The van der Waals surface area contributed by atoms with Gasteiger partial charge in [0.1, 0.15) is 5.78 Å². The van der Waals surface area contributed by atoms with Gasteiger partial charge in [0.2, 0.25) is 0 Å². The van der Waals surface area contributed by atoms with Crippen molar-refractivity contribution < 1.29 is 14.3 Å². The molecule has 0 N–H and O–H groups in total. The number of carbonyl (C=O) groups excluding carboxylic acids is 1. The average molecular weight is 320 g/mol. The van der Waals surface area contributed by atoms with E-state index in [1.54, 1.807) is 6.92 Å². The predicted molar refractivity (Wildman–Crippen MR) is 91.1 cm³/mol. The molecule has 0 aromatic heterocycles. The molecule has 130 valence electrons. The first-order chi connectivity index (χ1) is 10.6. The number of ketones is 1. The van der Waals surface area contributed by atoms with Crippen molar-refractivity contribution >= 4 is 5.78 Å². The van der Waals surface area contributed by atoms with Crippen molar-refractivity contribution in [3.63, 3.8) is 0 Å². The van der Waals surface area contributed by atoms with Crippen LogP contribution in [-0.2, 0) is 14.3 Å². The number of carbonyl (C=O) groups is 1. The Bertz CT molecular complexity index is 525.